The Balaban J connectivity index is -0.000000113. The normalized spacial score (nSPS) is 7.50. The summed E-state index contributed by atoms with van der Waals surface area (Å²) in [5.74, 6) is -0.440. The first-order chi connectivity index (χ1) is 11.4. The lowest BCUT2D eigenvalue weighted by Crippen LogP contribution is -1.75. The number of carbonyl (C=O) groups is 1. The van der Waals surface area contributed by atoms with Gasteiger partial charge in [0.05, 0.1) is 0 Å². The number of aryl methyl sites for hydroxylation is 2. The summed E-state index contributed by atoms with van der Waals surface area (Å²) in [7, 11) is 0. The largest absolute Gasteiger partial charge is 0.283 e. The van der Waals surface area contributed by atoms with Crippen LogP contribution >= 0.6 is 0 Å². The Morgan fingerprint density at radius 1 is 0.875 bits per heavy atom. The summed E-state index contributed by atoms with van der Waals surface area (Å²) in [6.07, 6.45) is 6.79. The molecule has 0 fully saturated rings. The van der Waals surface area contributed by atoms with E-state index in [9.17, 15) is 4.79 Å². The summed E-state index contributed by atoms with van der Waals surface area (Å²) in [5.41, 5.74) is 2.66. The maximum Gasteiger partial charge on any atom is 0.228 e. The highest BCUT2D eigenvalue weighted by molar-refractivity contribution is 5.90. The third kappa shape index (κ3) is 42.8. The summed E-state index contributed by atoms with van der Waals surface area (Å²) < 4.78 is 0. The van der Waals surface area contributed by atoms with Gasteiger partial charge < -0.3 is 0 Å². The molecular weight excluding hydrogens is 294 g/mol. The molecule has 0 saturated carbocycles. The lowest BCUT2D eigenvalue weighted by molar-refractivity contribution is -0.112. The van der Waals surface area contributed by atoms with Gasteiger partial charge in [0.25, 0.3) is 0 Å². The maximum absolute atomic E-state index is 9.45. The summed E-state index contributed by atoms with van der Waals surface area (Å²) in [5, 5.41) is 7.54. The van der Waals surface area contributed by atoms with Crippen LogP contribution in [0.5, 0.6) is 0 Å². The Morgan fingerprint density at radius 3 is 1.21 bits per heavy atom. The molecule has 0 bridgehead atoms. The van der Waals surface area contributed by atoms with Gasteiger partial charge >= 0.3 is 0 Å². The van der Waals surface area contributed by atoms with Crippen LogP contribution in [0.15, 0.2) is 24.3 Å². The second-order valence-corrected chi connectivity index (χ2v) is 5.24. The molecule has 2 nitrogen and oxygen atoms in total. The van der Waals surface area contributed by atoms with Gasteiger partial charge in [-0.15, -0.1) is 0 Å². The number of Topliss-reactive ketones (excluding diaryl/α,β-unsaturated/α-hetero) is 1. The molecule has 0 aromatic heterocycles. The van der Waals surface area contributed by atoms with Crippen LogP contribution in [0.25, 0.3) is 0 Å². The fourth-order valence-corrected chi connectivity index (χ4v) is 1.14. The van der Waals surface area contributed by atoms with Crippen LogP contribution in [-0.4, -0.2) is 5.78 Å². The van der Waals surface area contributed by atoms with E-state index in [2.05, 4.69) is 65.8 Å². The van der Waals surface area contributed by atoms with E-state index in [-0.39, 0.29) is 0 Å². The Morgan fingerprint density at radius 2 is 1.08 bits per heavy atom. The molecule has 0 aliphatic heterocycles. The summed E-state index contributed by atoms with van der Waals surface area (Å²) in [6, 6.07) is 9.87. The average Bonchev–Trinajstić information content (AvgIpc) is 2.59. The molecule has 2 heteroatoms. The molecule has 0 heterocycles. The highest BCUT2D eigenvalue weighted by Crippen LogP contribution is 1.99. The summed E-state index contributed by atoms with van der Waals surface area (Å²) in [4.78, 5) is 9.45. The smallest absolute Gasteiger partial charge is 0.228 e. The summed E-state index contributed by atoms with van der Waals surface area (Å²) >= 11 is 0. The summed E-state index contributed by atoms with van der Waals surface area (Å²) in [6.45, 7) is 18.1. The van der Waals surface area contributed by atoms with E-state index in [1.165, 1.54) is 56.2 Å². The van der Waals surface area contributed by atoms with Crippen LogP contribution in [0.4, 0.5) is 0 Å². The first kappa shape index (κ1) is 30.3. The zero-order valence-corrected chi connectivity index (χ0v) is 17.7. The van der Waals surface area contributed by atoms with Gasteiger partial charge in [-0.05, 0) is 13.8 Å². The monoisotopic (exact) mass is 335 g/mol. The van der Waals surface area contributed by atoms with Crippen molar-refractivity contribution < 1.29 is 4.79 Å². The number of ketones is 1. The number of hydrogen-bond acceptors (Lipinski definition) is 2. The van der Waals surface area contributed by atoms with Crippen molar-refractivity contribution in [2.45, 2.75) is 94.4 Å². The molecule has 0 saturated heterocycles. The molecule has 0 amide bonds. The minimum Gasteiger partial charge on any atom is -0.283 e. The Bertz CT molecular complexity index is 349. The Kier molecular flexibility index (Phi) is 37.1. The van der Waals surface area contributed by atoms with E-state index in [1.54, 1.807) is 0 Å². The molecule has 1 aromatic rings. The number of nitrogens with zero attached hydrogens (tertiary/aromatic N) is 1. The van der Waals surface area contributed by atoms with E-state index >= 15 is 0 Å². The number of nitriles is 1. The van der Waals surface area contributed by atoms with Gasteiger partial charge in [-0.1, -0.05) is 109 Å². The fraction of sp³-hybridized carbons (Fsp3) is 0.636. The molecule has 140 valence electrons. The van der Waals surface area contributed by atoms with Crippen molar-refractivity contribution in [1.82, 2.24) is 0 Å². The molecule has 0 aliphatic carbocycles. The molecule has 0 spiro atoms. The molecule has 0 atom stereocenters. The van der Waals surface area contributed by atoms with Crippen molar-refractivity contribution >= 4 is 5.78 Å². The van der Waals surface area contributed by atoms with Crippen LogP contribution in [0.2, 0.25) is 0 Å². The maximum atomic E-state index is 9.45. The van der Waals surface area contributed by atoms with Crippen LogP contribution in [0.3, 0.4) is 0 Å². The first-order valence-electron chi connectivity index (χ1n) is 9.33. The van der Waals surface area contributed by atoms with Gasteiger partial charge in [0, 0.05) is 6.92 Å². The van der Waals surface area contributed by atoms with E-state index in [0.29, 0.717) is 0 Å². The third-order valence-corrected chi connectivity index (χ3v) is 2.33. The topological polar surface area (TPSA) is 40.9 Å². The van der Waals surface area contributed by atoms with Crippen LogP contribution in [0.1, 0.15) is 91.7 Å². The van der Waals surface area contributed by atoms with E-state index < -0.39 is 5.78 Å². The molecule has 1 rings (SSSR count). The molecule has 0 aliphatic rings. The highest BCUT2D eigenvalue weighted by atomic mass is 16.1. The molecule has 1 aromatic carbocycles. The van der Waals surface area contributed by atoms with Crippen molar-refractivity contribution in [2.75, 3.05) is 0 Å². The number of hydrogen-bond donors (Lipinski definition) is 0. The minimum atomic E-state index is -0.440. The first-order valence-corrected chi connectivity index (χ1v) is 9.33. The number of unbranched alkanes of at least 4 members (excludes halogenated alkanes) is 3. The van der Waals surface area contributed by atoms with Gasteiger partial charge in [0.1, 0.15) is 6.07 Å². The van der Waals surface area contributed by atoms with Gasteiger partial charge in [-0.25, -0.2) is 0 Å². The van der Waals surface area contributed by atoms with Crippen LogP contribution in [0, 0.1) is 25.2 Å². The van der Waals surface area contributed by atoms with Crippen molar-refractivity contribution in [3.63, 3.8) is 0 Å². The van der Waals surface area contributed by atoms with Crippen molar-refractivity contribution in [3.05, 3.63) is 35.4 Å². The molecule has 0 N–H and O–H groups in total. The van der Waals surface area contributed by atoms with E-state index in [1.807, 2.05) is 13.8 Å². The molecule has 0 radical (unpaired) electrons. The fourth-order valence-electron chi connectivity index (χ4n) is 1.14. The lowest BCUT2D eigenvalue weighted by Gasteiger charge is -1.90. The van der Waals surface area contributed by atoms with Crippen LogP contribution < -0.4 is 0 Å². The van der Waals surface area contributed by atoms with Gasteiger partial charge in [0.2, 0.25) is 5.78 Å². The van der Waals surface area contributed by atoms with Gasteiger partial charge in [0.15, 0.2) is 0 Å². The molecule has 24 heavy (non-hydrogen) atoms. The Hall–Kier alpha value is -1.62. The predicted octanol–water partition coefficient (Wildman–Crippen LogP) is 7.43. The predicted molar refractivity (Wildman–Crippen MR) is 109 cm³/mol. The quantitative estimate of drug-likeness (QED) is 0.425. The van der Waals surface area contributed by atoms with Crippen LogP contribution in [-0.2, 0) is 4.79 Å². The zero-order chi connectivity index (χ0) is 19.8. The average molecular weight is 336 g/mol. The highest BCUT2D eigenvalue weighted by Gasteiger charge is 1.80. The van der Waals surface area contributed by atoms with Gasteiger partial charge in [-0.3, -0.25) is 4.79 Å². The van der Waals surface area contributed by atoms with Gasteiger partial charge in [-0.2, -0.15) is 5.26 Å². The second-order valence-electron chi connectivity index (χ2n) is 5.24. The zero-order valence-electron chi connectivity index (χ0n) is 17.7. The van der Waals surface area contributed by atoms with E-state index in [0.717, 1.165) is 0 Å². The SMILES string of the molecule is CC.CC(=O)C#N.CCC.CCCCCC.Cc1ccc(C)cc1. The standard InChI is InChI=1S/C8H10.C6H14.C3H3NO.C3H8.C2H6/c1-7-3-5-8(2)6-4-7;1-3-5-6-4-2;1-3(5)2-4;1-3-2;1-2/h3-6H,1-2H3;3-6H2,1-2H3;1H3;3H2,1-2H3;1-2H3. The number of rotatable bonds is 3. The minimum absolute atomic E-state index is 0.440. The Labute approximate surface area is 152 Å². The van der Waals surface area contributed by atoms with E-state index in [4.69, 9.17) is 5.26 Å². The second kappa shape index (κ2) is 29.4. The molecule has 0 unspecified atom stereocenters. The number of carbonyl (C=O) groups excluding carboxylic acids is 1. The lowest BCUT2D eigenvalue weighted by atomic mass is 10.2. The van der Waals surface area contributed by atoms with Crippen molar-refractivity contribution in [1.29, 1.82) is 5.26 Å². The third-order valence-electron chi connectivity index (χ3n) is 2.33. The van der Waals surface area contributed by atoms with Crippen molar-refractivity contribution in [2.24, 2.45) is 0 Å². The molecular formula is C22H41NO. The van der Waals surface area contributed by atoms with Crippen molar-refractivity contribution in [3.8, 4) is 6.07 Å². The number of benzene rings is 1.